The van der Waals surface area contributed by atoms with E-state index in [2.05, 4.69) is 130 Å². The second-order valence-corrected chi connectivity index (χ2v) is 16.7. The minimum Gasteiger partial charge on any atom is -0.480 e. The summed E-state index contributed by atoms with van der Waals surface area (Å²) in [5.74, 6) is -1.65. The summed E-state index contributed by atoms with van der Waals surface area (Å²) in [4.78, 5) is 39.6. The van der Waals surface area contributed by atoms with Crippen LogP contribution in [0.1, 0.15) is 12.5 Å². The van der Waals surface area contributed by atoms with Gasteiger partial charge in [0.15, 0.2) is 0 Å². The van der Waals surface area contributed by atoms with Crippen LogP contribution in [0.4, 0.5) is 0 Å². The van der Waals surface area contributed by atoms with Crippen LogP contribution in [0.5, 0.6) is 0 Å². The summed E-state index contributed by atoms with van der Waals surface area (Å²) >= 11 is 7.57. The number of thiocarbonyl (C=S) groups is 1. The molecule has 1 aliphatic heterocycles. The predicted octanol–water partition coefficient (Wildman–Crippen LogP) is 8.67. The quantitative estimate of drug-likeness (QED) is 0.162. The van der Waals surface area contributed by atoms with E-state index < -0.39 is 18.4 Å². The van der Waals surface area contributed by atoms with Gasteiger partial charge in [0.1, 0.15) is 20.4 Å². The van der Waals surface area contributed by atoms with E-state index in [0.717, 1.165) is 66.5 Å². The molecule has 10 rings (SSSR count). The molecule has 0 aliphatic carbocycles. The second kappa shape index (κ2) is 14.1. The Kier molecular flexibility index (Phi) is 8.74. The van der Waals surface area contributed by atoms with Crippen molar-refractivity contribution >= 4 is 106 Å². The van der Waals surface area contributed by atoms with Gasteiger partial charge in [-0.1, -0.05) is 109 Å². The zero-order valence-electron chi connectivity index (χ0n) is 31.0. The zero-order valence-corrected chi connectivity index (χ0v) is 33.4. The minimum atomic E-state index is -1.16. The molecule has 4 heterocycles. The molecule has 0 saturated carbocycles. The van der Waals surface area contributed by atoms with E-state index in [-0.39, 0.29) is 14.8 Å². The van der Waals surface area contributed by atoms with Crippen LogP contribution in [0, 0.1) is 0 Å². The van der Waals surface area contributed by atoms with Crippen molar-refractivity contribution in [1.29, 1.82) is 0 Å². The Morgan fingerprint density at radius 1 is 0.672 bits per heavy atom. The van der Waals surface area contributed by atoms with Crippen molar-refractivity contribution in [2.75, 3.05) is 6.54 Å². The molecule has 0 unspecified atom stereocenters. The average molecular weight is 813 g/mol. The summed E-state index contributed by atoms with van der Waals surface area (Å²) in [7, 11) is 0. The molecule has 282 valence electrons. The number of thiazole rings is 1. The molecule has 11 heteroatoms. The van der Waals surface area contributed by atoms with Crippen LogP contribution >= 0.6 is 35.3 Å². The van der Waals surface area contributed by atoms with Gasteiger partial charge in [0.25, 0.3) is 11.5 Å². The highest BCUT2D eigenvalue weighted by Crippen LogP contribution is 2.36. The molecule has 3 aromatic heterocycles. The number of nitrogens with zero attached hydrogens (tertiary/aromatic N) is 4. The number of rotatable bonds is 7. The predicted molar refractivity (Wildman–Crippen MR) is 241 cm³/mol. The van der Waals surface area contributed by atoms with Crippen LogP contribution in [0.3, 0.4) is 0 Å². The van der Waals surface area contributed by atoms with E-state index in [4.69, 9.17) is 12.2 Å². The van der Waals surface area contributed by atoms with E-state index in [1.54, 1.807) is 4.57 Å². The number of carboxylic acid groups (broad SMARTS) is 1. The summed E-state index contributed by atoms with van der Waals surface area (Å²) in [6.45, 7) is 1.67. The van der Waals surface area contributed by atoms with Gasteiger partial charge in [-0.2, -0.15) is 0 Å². The SMILES string of the molecule is CCn1c(=C2SC(=S)N(CC(=O)O)C2=O)sc(=Cc2ccc3c(c2)c2ccccc2n3-c2ccc(-c3ccc(-n4c5ccccc5c5ccccc54)cc3)cc2)c1=O. The number of aromatic nitrogens is 3. The number of carbonyl (C=O) groups is 2. The van der Waals surface area contributed by atoms with Gasteiger partial charge < -0.3 is 14.2 Å². The highest BCUT2D eigenvalue weighted by Gasteiger charge is 2.35. The van der Waals surface area contributed by atoms with Crippen LogP contribution in [0.25, 0.3) is 77.1 Å². The lowest BCUT2D eigenvalue weighted by Gasteiger charge is -2.11. The number of para-hydroxylation sites is 3. The Balaban J connectivity index is 1.00. The fraction of sp³-hybridized carbons (Fsp3) is 0.0638. The van der Waals surface area contributed by atoms with E-state index in [0.29, 0.717) is 15.7 Å². The summed E-state index contributed by atoms with van der Waals surface area (Å²) < 4.78 is 7.26. The third-order valence-corrected chi connectivity index (χ3v) is 13.4. The number of carbonyl (C=O) groups excluding carboxylic acids is 1. The van der Waals surface area contributed by atoms with Crippen molar-refractivity contribution in [2.45, 2.75) is 13.5 Å². The minimum absolute atomic E-state index is 0.165. The fourth-order valence-electron chi connectivity index (χ4n) is 8.09. The number of thioether (sulfide) groups is 1. The van der Waals surface area contributed by atoms with Gasteiger partial charge in [-0.15, -0.1) is 11.3 Å². The maximum Gasteiger partial charge on any atom is 0.323 e. The molecule has 58 heavy (non-hydrogen) atoms. The normalized spacial score (nSPS) is 14.6. The number of aliphatic carboxylic acids is 1. The van der Waals surface area contributed by atoms with Crippen LogP contribution in [-0.2, 0) is 16.1 Å². The molecular weight excluding hydrogens is 781 g/mol. The van der Waals surface area contributed by atoms with Crippen LogP contribution in [-0.4, -0.2) is 46.4 Å². The molecule has 6 aromatic carbocycles. The first kappa shape index (κ1) is 35.9. The zero-order chi connectivity index (χ0) is 39.7. The molecule has 0 radical (unpaired) electrons. The second-order valence-electron chi connectivity index (χ2n) is 14.0. The van der Waals surface area contributed by atoms with Crippen molar-refractivity contribution in [3.05, 3.63) is 165 Å². The largest absolute Gasteiger partial charge is 0.480 e. The first-order valence-electron chi connectivity index (χ1n) is 18.7. The Hall–Kier alpha value is -6.53. The maximum absolute atomic E-state index is 13.7. The van der Waals surface area contributed by atoms with Gasteiger partial charge in [-0.25, -0.2) is 0 Å². The Bertz CT molecular complexity index is 3320. The van der Waals surface area contributed by atoms with Crippen molar-refractivity contribution in [3.8, 4) is 22.5 Å². The van der Waals surface area contributed by atoms with E-state index in [1.165, 1.54) is 33.1 Å². The standard InChI is InChI=1S/C47H32N4O4S3/c1-2-48-44(54)41(57-46(48)43-45(55)49(27-42(52)53)47(56)58-43)26-28-15-24-40-36(25-28)35-11-5-8-14-39(35)51(40)32-22-18-30(19-23-32)29-16-20-31(21-17-29)50-37-12-6-3-9-33(37)34-10-4-7-13-38(34)50/h3-26H,2,27H2,1H3,(H,52,53). The first-order valence-corrected chi connectivity index (χ1v) is 20.8. The van der Waals surface area contributed by atoms with Gasteiger partial charge >= 0.3 is 5.97 Å². The third kappa shape index (κ3) is 5.81. The van der Waals surface area contributed by atoms with Crippen molar-refractivity contribution in [1.82, 2.24) is 18.6 Å². The van der Waals surface area contributed by atoms with Gasteiger partial charge in [0.2, 0.25) is 0 Å². The van der Waals surface area contributed by atoms with Gasteiger partial charge in [-0.3, -0.25) is 23.9 Å². The molecule has 0 bridgehead atoms. The summed E-state index contributed by atoms with van der Waals surface area (Å²) in [5, 5.41) is 13.9. The molecule has 1 saturated heterocycles. The summed E-state index contributed by atoms with van der Waals surface area (Å²) in [6.07, 6.45) is 1.85. The lowest BCUT2D eigenvalue weighted by Crippen LogP contribution is -2.35. The van der Waals surface area contributed by atoms with E-state index in [9.17, 15) is 19.5 Å². The van der Waals surface area contributed by atoms with Gasteiger partial charge in [-0.05, 0) is 84.3 Å². The van der Waals surface area contributed by atoms with Crippen LogP contribution < -0.4 is 14.8 Å². The summed E-state index contributed by atoms with van der Waals surface area (Å²) in [6, 6.07) is 49.0. The molecule has 0 spiro atoms. The summed E-state index contributed by atoms with van der Waals surface area (Å²) in [5.41, 5.74) is 9.52. The Morgan fingerprint density at radius 3 is 1.69 bits per heavy atom. The molecule has 1 amide bonds. The Labute approximate surface area is 344 Å². The van der Waals surface area contributed by atoms with Crippen LogP contribution in [0.15, 0.2) is 144 Å². The molecule has 1 N–H and O–H groups in total. The van der Waals surface area contributed by atoms with E-state index >= 15 is 0 Å². The van der Waals surface area contributed by atoms with Gasteiger partial charge in [0, 0.05) is 39.5 Å². The van der Waals surface area contributed by atoms with E-state index in [1.807, 2.05) is 31.2 Å². The molecule has 1 fully saturated rings. The average Bonchev–Trinajstić information content (AvgIpc) is 3.95. The third-order valence-electron chi connectivity index (χ3n) is 10.7. The number of fused-ring (bicyclic) bond motifs is 6. The van der Waals surface area contributed by atoms with Crippen molar-refractivity contribution in [2.24, 2.45) is 0 Å². The van der Waals surface area contributed by atoms with Crippen molar-refractivity contribution < 1.29 is 14.7 Å². The molecule has 8 nitrogen and oxygen atoms in total. The van der Waals surface area contributed by atoms with Gasteiger partial charge in [0.05, 0.1) is 26.6 Å². The lowest BCUT2D eigenvalue weighted by atomic mass is 10.0. The lowest BCUT2D eigenvalue weighted by molar-refractivity contribution is -0.140. The monoisotopic (exact) mass is 812 g/mol. The molecule has 0 atom stereocenters. The molecule has 1 aliphatic rings. The van der Waals surface area contributed by atoms with Crippen molar-refractivity contribution in [3.63, 3.8) is 0 Å². The topological polar surface area (TPSA) is 89.5 Å². The molecular formula is C47H32N4O4S3. The highest BCUT2D eigenvalue weighted by atomic mass is 32.2. The number of amides is 1. The number of hydrogen-bond donors (Lipinski definition) is 1. The molecule has 9 aromatic rings. The maximum atomic E-state index is 13.7. The van der Waals surface area contributed by atoms with Crippen LogP contribution in [0.2, 0.25) is 0 Å². The first-order chi connectivity index (χ1) is 28.3. The number of hydrogen-bond acceptors (Lipinski definition) is 6. The highest BCUT2D eigenvalue weighted by molar-refractivity contribution is 8.30. The smallest absolute Gasteiger partial charge is 0.323 e. The fourth-order valence-corrected chi connectivity index (χ4v) is 10.7. The number of benzene rings is 6. The number of carboxylic acids is 1. The Morgan fingerprint density at radius 2 is 1.17 bits per heavy atom.